The number of rotatable bonds is 4. The number of halogens is 1. The van der Waals surface area contributed by atoms with E-state index in [1.807, 2.05) is 12.1 Å². The van der Waals surface area contributed by atoms with Crippen molar-refractivity contribution in [2.45, 2.75) is 38.1 Å². The lowest BCUT2D eigenvalue weighted by molar-refractivity contribution is 0.175. The molecule has 0 amide bonds. The highest BCUT2D eigenvalue weighted by atomic mass is 19.1. The largest absolute Gasteiger partial charge is 0.368 e. The van der Waals surface area contributed by atoms with Crippen LogP contribution >= 0.6 is 0 Å². The average molecular weight is 291 g/mol. The van der Waals surface area contributed by atoms with Crippen LogP contribution in [0.5, 0.6) is 0 Å². The lowest BCUT2D eigenvalue weighted by atomic mass is 10.1. The predicted octanol–water partition coefficient (Wildman–Crippen LogP) is 2.39. The molecule has 1 unspecified atom stereocenters. The second-order valence-corrected chi connectivity index (χ2v) is 6.31. The van der Waals surface area contributed by atoms with E-state index in [0.717, 1.165) is 37.2 Å². The molecule has 2 heterocycles. The Bertz CT molecular complexity index is 471. The van der Waals surface area contributed by atoms with Crippen LogP contribution in [0.2, 0.25) is 0 Å². The zero-order chi connectivity index (χ0) is 14.7. The van der Waals surface area contributed by atoms with E-state index in [1.165, 1.54) is 32.4 Å². The Hall–Kier alpha value is -1.13. The molecule has 1 atom stereocenters. The van der Waals surface area contributed by atoms with Gasteiger partial charge >= 0.3 is 0 Å². The van der Waals surface area contributed by atoms with Crippen molar-refractivity contribution in [3.63, 3.8) is 0 Å². The fourth-order valence-electron chi connectivity index (χ4n) is 3.67. The zero-order valence-electron chi connectivity index (χ0n) is 12.7. The van der Waals surface area contributed by atoms with Crippen LogP contribution in [0.1, 0.15) is 31.2 Å². The van der Waals surface area contributed by atoms with E-state index in [-0.39, 0.29) is 5.82 Å². The Morgan fingerprint density at radius 2 is 1.95 bits per heavy atom. The van der Waals surface area contributed by atoms with Gasteiger partial charge in [-0.2, -0.15) is 0 Å². The predicted molar refractivity (Wildman–Crippen MR) is 85.2 cm³/mol. The van der Waals surface area contributed by atoms with Crippen LogP contribution in [0.25, 0.3) is 0 Å². The number of likely N-dealkylation sites (tertiary alicyclic amines) is 1. The van der Waals surface area contributed by atoms with Gasteiger partial charge in [0, 0.05) is 19.1 Å². The Labute approximate surface area is 126 Å². The van der Waals surface area contributed by atoms with Crippen LogP contribution in [0, 0.1) is 5.82 Å². The molecule has 3 nitrogen and oxygen atoms in total. The Morgan fingerprint density at radius 1 is 1.14 bits per heavy atom. The maximum absolute atomic E-state index is 14.3. The highest BCUT2D eigenvalue weighted by molar-refractivity contribution is 5.50. The van der Waals surface area contributed by atoms with E-state index in [0.29, 0.717) is 12.6 Å². The molecule has 4 heteroatoms. The molecule has 116 valence electrons. The first-order valence-electron chi connectivity index (χ1n) is 8.25. The third-order valence-corrected chi connectivity index (χ3v) is 4.86. The van der Waals surface area contributed by atoms with Gasteiger partial charge in [0.15, 0.2) is 0 Å². The molecular weight excluding hydrogens is 265 g/mol. The summed E-state index contributed by atoms with van der Waals surface area (Å²) in [7, 11) is 0. The molecule has 1 aromatic rings. The summed E-state index contributed by atoms with van der Waals surface area (Å²) in [4.78, 5) is 4.81. The monoisotopic (exact) mass is 291 g/mol. The van der Waals surface area contributed by atoms with Gasteiger partial charge in [0.05, 0.1) is 5.69 Å². The van der Waals surface area contributed by atoms with Crippen LogP contribution in [0.4, 0.5) is 10.1 Å². The number of piperidine rings is 1. The van der Waals surface area contributed by atoms with E-state index in [1.54, 1.807) is 6.07 Å². The van der Waals surface area contributed by atoms with Crippen molar-refractivity contribution in [3.8, 4) is 0 Å². The number of hydrogen-bond donors (Lipinski definition) is 1. The second kappa shape index (κ2) is 6.75. The molecule has 0 saturated carbocycles. The summed E-state index contributed by atoms with van der Waals surface area (Å²) in [5, 5.41) is 0. The summed E-state index contributed by atoms with van der Waals surface area (Å²) in [6, 6.07) is 6.20. The first kappa shape index (κ1) is 14.8. The molecule has 21 heavy (non-hydrogen) atoms. The van der Waals surface area contributed by atoms with Crippen molar-refractivity contribution < 1.29 is 4.39 Å². The highest BCUT2D eigenvalue weighted by Crippen LogP contribution is 2.27. The maximum Gasteiger partial charge on any atom is 0.146 e. The molecule has 2 aliphatic heterocycles. The molecule has 0 radical (unpaired) electrons. The van der Waals surface area contributed by atoms with Crippen LogP contribution < -0.4 is 10.6 Å². The van der Waals surface area contributed by atoms with E-state index < -0.39 is 0 Å². The van der Waals surface area contributed by atoms with Crippen molar-refractivity contribution in [3.05, 3.63) is 29.6 Å². The molecule has 0 aromatic heterocycles. The lowest BCUT2D eigenvalue weighted by Gasteiger charge is -2.32. The fourth-order valence-corrected chi connectivity index (χ4v) is 3.67. The lowest BCUT2D eigenvalue weighted by Crippen LogP contribution is -2.40. The fraction of sp³-hybridized carbons (Fsp3) is 0.647. The number of nitrogens with zero attached hydrogens (tertiary/aromatic N) is 2. The number of hydrogen-bond acceptors (Lipinski definition) is 3. The smallest absolute Gasteiger partial charge is 0.146 e. The Morgan fingerprint density at radius 3 is 2.67 bits per heavy atom. The van der Waals surface area contributed by atoms with E-state index >= 15 is 0 Å². The van der Waals surface area contributed by atoms with E-state index in [2.05, 4.69) is 9.80 Å². The van der Waals surface area contributed by atoms with Crippen LogP contribution in [-0.4, -0.2) is 43.7 Å². The second-order valence-electron chi connectivity index (χ2n) is 6.31. The summed E-state index contributed by atoms with van der Waals surface area (Å²) < 4.78 is 14.3. The number of anilines is 1. The van der Waals surface area contributed by atoms with Gasteiger partial charge in [-0.1, -0.05) is 12.5 Å². The van der Waals surface area contributed by atoms with Crippen LogP contribution in [0.3, 0.4) is 0 Å². The third-order valence-electron chi connectivity index (χ3n) is 4.86. The normalized spacial score (nSPS) is 23.7. The Kier molecular flexibility index (Phi) is 4.76. The standard InChI is InChI=1S/C17H26FN3/c18-16-12-14(6-8-19)4-5-17(16)21-11-7-15(13-21)20-9-2-1-3-10-20/h4-5,12,15H,1-3,6-11,13,19H2. The number of benzene rings is 1. The molecule has 3 rings (SSSR count). The molecule has 2 saturated heterocycles. The third kappa shape index (κ3) is 3.38. The van der Waals surface area contributed by atoms with E-state index in [9.17, 15) is 4.39 Å². The summed E-state index contributed by atoms with van der Waals surface area (Å²) in [6.45, 7) is 4.94. The highest BCUT2D eigenvalue weighted by Gasteiger charge is 2.29. The molecule has 2 aliphatic rings. The minimum atomic E-state index is -0.0970. The summed E-state index contributed by atoms with van der Waals surface area (Å²) >= 11 is 0. The van der Waals surface area contributed by atoms with Crippen molar-refractivity contribution >= 4 is 5.69 Å². The van der Waals surface area contributed by atoms with Gasteiger partial charge in [0.1, 0.15) is 5.82 Å². The van der Waals surface area contributed by atoms with Crippen molar-refractivity contribution in [1.29, 1.82) is 0 Å². The summed E-state index contributed by atoms with van der Waals surface area (Å²) in [5.74, 6) is -0.0970. The van der Waals surface area contributed by atoms with Crippen molar-refractivity contribution in [1.82, 2.24) is 4.90 Å². The average Bonchev–Trinajstić information content (AvgIpc) is 2.98. The molecular formula is C17H26FN3. The molecule has 0 bridgehead atoms. The van der Waals surface area contributed by atoms with Crippen LogP contribution in [-0.2, 0) is 6.42 Å². The topological polar surface area (TPSA) is 32.5 Å². The van der Waals surface area contributed by atoms with Gasteiger partial charge in [0.25, 0.3) is 0 Å². The quantitative estimate of drug-likeness (QED) is 0.924. The summed E-state index contributed by atoms with van der Waals surface area (Å²) in [5.41, 5.74) is 7.28. The van der Waals surface area contributed by atoms with Crippen molar-refractivity contribution in [2.75, 3.05) is 37.6 Å². The van der Waals surface area contributed by atoms with Gasteiger partial charge in [-0.25, -0.2) is 4.39 Å². The zero-order valence-corrected chi connectivity index (χ0v) is 12.7. The van der Waals surface area contributed by atoms with Gasteiger partial charge in [-0.15, -0.1) is 0 Å². The Balaban J connectivity index is 1.65. The molecule has 0 spiro atoms. The molecule has 2 fully saturated rings. The summed E-state index contributed by atoms with van der Waals surface area (Å²) in [6.07, 6.45) is 5.90. The van der Waals surface area contributed by atoms with E-state index in [4.69, 9.17) is 5.73 Å². The van der Waals surface area contributed by atoms with Gasteiger partial charge in [-0.3, -0.25) is 4.90 Å². The van der Waals surface area contributed by atoms with Crippen molar-refractivity contribution in [2.24, 2.45) is 5.73 Å². The first-order valence-corrected chi connectivity index (χ1v) is 8.25. The molecule has 0 aliphatic carbocycles. The maximum atomic E-state index is 14.3. The number of nitrogens with two attached hydrogens (primary N) is 1. The first-order chi connectivity index (χ1) is 10.3. The SMILES string of the molecule is NCCc1ccc(N2CCC(N3CCCCC3)C2)c(F)c1. The van der Waals surface area contributed by atoms with Gasteiger partial charge in [-0.05, 0) is 63.0 Å². The molecule has 2 N–H and O–H groups in total. The molecule has 1 aromatic carbocycles. The van der Waals surface area contributed by atoms with Gasteiger partial charge in [0.2, 0.25) is 0 Å². The minimum absolute atomic E-state index is 0.0970. The van der Waals surface area contributed by atoms with Gasteiger partial charge < -0.3 is 10.6 Å². The minimum Gasteiger partial charge on any atom is -0.368 e. The van der Waals surface area contributed by atoms with Crippen LogP contribution in [0.15, 0.2) is 18.2 Å².